The van der Waals surface area contributed by atoms with Crippen LogP contribution in [-0.4, -0.2) is 0 Å². The van der Waals surface area contributed by atoms with Gasteiger partial charge in [-0.05, 0) is 42.5 Å². The Morgan fingerprint density at radius 3 is 1.94 bits per heavy atom. The van der Waals surface area contributed by atoms with Crippen molar-refractivity contribution >= 4 is 50.8 Å². The third-order valence-electron chi connectivity index (χ3n) is 5.02. The minimum absolute atomic E-state index is 1.11. The Bertz CT molecular complexity index is 952. The van der Waals surface area contributed by atoms with E-state index in [0.29, 0.717) is 0 Å². The Labute approximate surface area is 201 Å². The van der Waals surface area contributed by atoms with E-state index in [1.807, 2.05) is 23.1 Å². The number of aryl methyl sites for hydroxylation is 1. The molecule has 3 aromatic carbocycles. The van der Waals surface area contributed by atoms with Crippen LogP contribution in [0.3, 0.4) is 0 Å². The number of rotatable bonds is 11. The summed E-state index contributed by atoms with van der Waals surface area (Å²) in [5.41, 5.74) is 1.29. The first kappa shape index (κ1) is 24.4. The number of benzene rings is 3. The summed E-state index contributed by atoms with van der Waals surface area (Å²) in [4.78, 5) is 1.28. The van der Waals surface area contributed by atoms with Crippen molar-refractivity contribution in [1.82, 2.24) is 0 Å². The lowest BCUT2D eigenvalue weighted by atomic mass is 10.2. The highest BCUT2D eigenvalue weighted by atomic mass is 32.9. The topological polar surface area (TPSA) is 0 Å². The van der Waals surface area contributed by atoms with Gasteiger partial charge in [-0.15, -0.1) is 0 Å². The molecular formula is C27H31PS3. The molecule has 0 atom stereocenters. The molecule has 0 aromatic heterocycles. The van der Waals surface area contributed by atoms with Crippen molar-refractivity contribution in [2.45, 2.75) is 50.8 Å². The maximum Gasteiger partial charge on any atom is 0.0664 e. The summed E-state index contributed by atoms with van der Waals surface area (Å²) < 4.78 is 1.33. The lowest BCUT2D eigenvalue weighted by Gasteiger charge is -2.24. The fourth-order valence-electron chi connectivity index (χ4n) is 3.24. The Morgan fingerprint density at radius 2 is 1.39 bits per heavy atom. The molecule has 0 unspecified atom stereocenters. The molecule has 0 fully saturated rings. The molecule has 0 aliphatic heterocycles. The van der Waals surface area contributed by atoms with Crippen LogP contribution < -0.4 is 10.6 Å². The highest BCUT2D eigenvalue weighted by molar-refractivity contribution is 8.78. The SMILES string of the molecule is CCCCCC/C=C(\Sc1ccc(C)cc1)SP(=S)(c1ccccc1)c1ccccc1. The third kappa shape index (κ3) is 7.39. The van der Waals surface area contributed by atoms with E-state index in [2.05, 4.69) is 105 Å². The monoisotopic (exact) mass is 482 g/mol. The van der Waals surface area contributed by atoms with Gasteiger partial charge in [-0.1, -0.05) is 146 Å². The normalized spacial score (nSPS) is 12.1. The molecule has 0 spiro atoms. The van der Waals surface area contributed by atoms with E-state index in [4.69, 9.17) is 11.8 Å². The molecule has 0 aliphatic carbocycles. The Hall–Kier alpha value is -1.25. The van der Waals surface area contributed by atoms with E-state index in [1.54, 1.807) is 0 Å². The molecule has 0 bridgehead atoms. The van der Waals surface area contributed by atoms with Gasteiger partial charge >= 0.3 is 0 Å². The Morgan fingerprint density at radius 1 is 0.806 bits per heavy atom. The van der Waals surface area contributed by atoms with E-state index in [9.17, 15) is 0 Å². The number of hydrogen-bond acceptors (Lipinski definition) is 3. The van der Waals surface area contributed by atoms with Gasteiger partial charge in [0.15, 0.2) is 0 Å². The summed E-state index contributed by atoms with van der Waals surface area (Å²) in [6, 6.07) is 30.2. The van der Waals surface area contributed by atoms with Gasteiger partial charge in [-0.3, -0.25) is 0 Å². The van der Waals surface area contributed by atoms with Crippen molar-refractivity contribution in [2.24, 2.45) is 0 Å². The Kier molecular flexibility index (Phi) is 9.99. The smallest absolute Gasteiger partial charge is 0.0664 e. The quantitative estimate of drug-likeness (QED) is 0.152. The van der Waals surface area contributed by atoms with Gasteiger partial charge in [-0.2, -0.15) is 0 Å². The molecule has 0 amide bonds. The second-order valence-corrected chi connectivity index (χ2v) is 16.3. The maximum absolute atomic E-state index is 6.49. The minimum atomic E-state index is -2.03. The molecule has 0 radical (unpaired) electrons. The molecule has 0 heterocycles. The van der Waals surface area contributed by atoms with Crippen LogP contribution in [0.15, 0.2) is 100 Å². The van der Waals surface area contributed by atoms with Gasteiger partial charge in [0, 0.05) is 9.13 Å². The van der Waals surface area contributed by atoms with Crippen LogP contribution in [0, 0.1) is 6.92 Å². The zero-order chi connectivity index (χ0) is 21.9. The number of unbranched alkanes of at least 4 members (excludes halogenated alkanes) is 4. The first-order valence-electron chi connectivity index (χ1n) is 11.0. The van der Waals surface area contributed by atoms with Crippen LogP contribution >= 0.6 is 28.4 Å². The fraction of sp³-hybridized carbons (Fsp3) is 0.259. The van der Waals surface area contributed by atoms with Gasteiger partial charge in [0.25, 0.3) is 0 Å². The van der Waals surface area contributed by atoms with Crippen LogP contribution in [0.2, 0.25) is 0 Å². The van der Waals surface area contributed by atoms with E-state index in [0.717, 1.165) is 6.42 Å². The number of allylic oxidation sites excluding steroid dienone is 1. The Balaban J connectivity index is 1.92. The molecule has 3 aromatic rings. The predicted molar refractivity (Wildman–Crippen MR) is 148 cm³/mol. The van der Waals surface area contributed by atoms with Gasteiger partial charge < -0.3 is 0 Å². The van der Waals surface area contributed by atoms with Crippen LogP contribution in [-0.2, 0) is 11.8 Å². The largest absolute Gasteiger partial charge is 0.0830 e. The van der Waals surface area contributed by atoms with Crippen molar-refractivity contribution in [1.29, 1.82) is 0 Å². The zero-order valence-corrected chi connectivity index (χ0v) is 21.7. The van der Waals surface area contributed by atoms with Gasteiger partial charge in [0.05, 0.1) is 5.24 Å². The third-order valence-corrected chi connectivity index (χ3v) is 13.9. The highest BCUT2D eigenvalue weighted by Gasteiger charge is 2.25. The molecule has 3 rings (SSSR count). The van der Waals surface area contributed by atoms with Crippen LogP contribution in [0.1, 0.15) is 44.6 Å². The average molecular weight is 483 g/mol. The molecular weight excluding hydrogens is 451 g/mol. The summed E-state index contributed by atoms with van der Waals surface area (Å²) in [5, 5.41) is 0.505. The van der Waals surface area contributed by atoms with Crippen LogP contribution in [0.5, 0.6) is 0 Å². The molecule has 0 saturated heterocycles. The van der Waals surface area contributed by atoms with Crippen molar-refractivity contribution in [3.63, 3.8) is 0 Å². The summed E-state index contributed by atoms with van der Waals surface area (Å²) in [6.07, 6.45) is 8.66. The van der Waals surface area contributed by atoms with Crippen molar-refractivity contribution in [3.8, 4) is 0 Å². The average Bonchev–Trinajstić information content (AvgIpc) is 2.81. The van der Waals surface area contributed by atoms with E-state index < -0.39 is 5.24 Å². The van der Waals surface area contributed by atoms with Gasteiger partial charge in [0.1, 0.15) is 0 Å². The van der Waals surface area contributed by atoms with E-state index in [1.165, 1.54) is 51.0 Å². The lowest BCUT2D eigenvalue weighted by molar-refractivity contribution is 0.674. The second kappa shape index (κ2) is 12.7. The molecule has 0 saturated carbocycles. The fourth-order valence-corrected chi connectivity index (χ4v) is 12.0. The maximum atomic E-state index is 6.49. The molecule has 0 aliphatic rings. The highest BCUT2D eigenvalue weighted by Crippen LogP contribution is 2.62. The number of hydrogen-bond donors (Lipinski definition) is 0. The van der Waals surface area contributed by atoms with Crippen LogP contribution in [0.4, 0.5) is 0 Å². The zero-order valence-electron chi connectivity index (χ0n) is 18.4. The van der Waals surface area contributed by atoms with Gasteiger partial charge in [0.2, 0.25) is 0 Å². The summed E-state index contributed by atoms with van der Waals surface area (Å²) in [6.45, 7) is 4.40. The van der Waals surface area contributed by atoms with Crippen molar-refractivity contribution in [3.05, 3.63) is 101 Å². The lowest BCUT2D eigenvalue weighted by Crippen LogP contribution is -2.12. The summed E-state index contributed by atoms with van der Waals surface area (Å²) >= 11 is 10.3. The van der Waals surface area contributed by atoms with E-state index >= 15 is 0 Å². The van der Waals surface area contributed by atoms with Crippen molar-refractivity contribution < 1.29 is 0 Å². The molecule has 0 N–H and O–H groups in total. The minimum Gasteiger partial charge on any atom is -0.0830 e. The summed E-state index contributed by atoms with van der Waals surface area (Å²) in [7, 11) is 0. The molecule has 31 heavy (non-hydrogen) atoms. The standard InChI is InChI=1S/C27H31PS3/c1-3-4-5-6-13-18-27(30-26-21-19-23(2)20-22-26)31-28(29,24-14-9-7-10-15-24)25-16-11-8-12-17-25/h7-12,14-22H,3-6,13H2,1-2H3/b27-18+. The van der Waals surface area contributed by atoms with E-state index in [-0.39, 0.29) is 0 Å². The molecule has 4 heteroatoms. The predicted octanol–water partition coefficient (Wildman–Crippen LogP) is 8.68. The molecule has 0 nitrogen and oxygen atoms in total. The van der Waals surface area contributed by atoms with Gasteiger partial charge in [-0.25, -0.2) is 0 Å². The summed E-state index contributed by atoms with van der Waals surface area (Å²) in [5.74, 6) is 0. The van der Waals surface area contributed by atoms with Crippen molar-refractivity contribution in [2.75, 3.05) is 0 Å². The molecule has 162 valence electrons. The number of thioether (sulfide) groups is 1. The first-order valence-corrected chi connectivity index (χ1v) is 16.0. The second-order valence-electron chi connectivity index (χ2n) is 7.60. The van der Waals surface area contributed by atoms with Crippen LogP contribution in [0.25, 0.3) is 0 Å². The first-order chi connectivity index (χ1) is 15.1.